The highest BCUT2D eigenvalue weighted by Gasteiger charge is 2.30. The van der Waals surface area contributed by atoms with Gasteiger partial charge in [0, 0.05) is 13.0 Å². The number of methoxy groups -OCH3 is 1. The van der Waals surface area contributed by atoms with Crippen molar-refractivity contribution in [2.75, 3.05) is 27.7 Å². The number of fused-ring (bicyclic) bond motifs is 1. The second-order valence-corrected chi connectivity index (χ2v) is 5.04. The van der Waals surface area contributed by atoms with Crippen molar-refractivity contribution in [2.24, 2.45) is 0 Å². The Morgan fingerprint density at radius 3 is 2.48 bits per heavy atom. The fourth-order valence-corrected chi connectivity index (χ4v) is 2.19. The normalized spacial score (nSPS) is 11.1. The van der Waals surface area contributed by atoms with Gasteiger partial charge in [0.2, 0.25) is 5.78 Å². The molecule has 1 aromatic carbocycles. The highest BCUT2D eigenvalue weighted by molar-refractivity contribution is 5.95. The summed E-state index contributed by atoms with van der Waals surface area (Å²) >= 11 is 0. The van der Waals surface area contributed by atoms with Gasteiger partial charge in [-0.3, -0.25) is 4.79 Å². The van der Waals surface area contributed by atoms with Crippen LogP contribution in [0.1, 0.15) is 16.2 Å². The van der Waals surface area contributed by atoms with Gasteiger partial charge in [0.25, 0.3) is 16.7 Å². The highest BCUT2D eigenvalue weighted by Crippen LogP contribution is 2.17. The van der Waals surface area contributed by atoms with Crippen LogP contribution in [0.3, 0.4) is 0 Å². The molecular formula is C14H17N3O4. The number of benzene rings is 1. The molecule has 0 spiro atoms. The molecule has 1 heterocycles. The van der Waals surface area contributed by atoms with E-state index in [-0.39, 0.29) is 29.0 Å². The summed E-state index contributed by atoms with van der Waals surface area (Å²) in [6.45, 7) is 1.52. The van der Waals surface area contributed by atoms with Gasteiger partial charge in [-0.15, -0.1) is 0 Å². The van der Waals surface area contributed by atoms with Gasteiger partial charge >= 0.3 is 5.69 Å². The van der Waals surface area contributed by atoms with Crippen LogP contribution in [0.15, 0.2) is 18.2 Å². The van der Waals surface area contributed by atoms with E-state index in [4.69, 9.17) is 4.74 Å². The smallest absolute Gasteiger partial charge is 0.330 e. The minimum absolute atomic E-state index is 0.0541. The summed E-state index contributed by atoms with van der Waals surface area (Å²) < 4.78 is 6.17. The van der Waals surface area contributed by atoms with Gasteiger partial charge in [-0.2, -0.15) is 9.46 Å². The molecule has 0 atom stereocenters. The summed E-state index contributed by atoms with van der Waals surface area (Å²) in [4.78, 5) is 13.8. The molecule has 2 aromatic rings. The first-order valence-corrected chi connectivity index (χ1v) is 6.38. The molecule has 2 rings (SSSR count). The number of Topliss-reactive ketones (excluding diaryl/α,β-unsaturated/α-hetero) is 1. The Hall–Kier alpha value is -2.41. The number of aromatic nitrogens is 2. The first-order chi connectivity index (χ1) is 9.86. The predicted octanol–water partition coefficient (Wildman–Crippen LogP) is 0.168. The van der Waals surface area contributed by atoms with Crippen LogP contribution < -0.4 is 14.2 Å². The molecular weight excluding hydrogens is 274 g/mol. The molecule has 0 aliphatic heterocycles. The Balaban J connectivity index is 2.74. The van der Waals surface area contributed by atoms with Crippen LogP contribution in [-0.4, -0.2) is 38.4 Å². The lowest BCUT2D eigenvalue weighted by molar-refractivity contribution is -0.635. The molecule has 0 fully saturated rings. The molecule has 0 saturated heterocycles. The number of carbonyl (C=O) groups is 1. The van der Waals surface area contributed by atoms with E-state index in [9.17, 15) is 15.2 Å². The fourth-order valence-electron chi connectivity index (χ4n) is 2.19. The zero-order chi connectivity index (χ0) is 15.7. The van der Waals surface area contributed by atoms with Gasteiger partial charge in [0.15, 0.2) is 0 Å². The molecule has 21 heavy (non-hydrogen) atoms. The Kier molecular flexibility index (Phi) is 3.95. The Labute approximate surface area is 122 Å². The van der Waals surface area contributed by atoms with Gasteiger partial charge in [-0.1, -0.05) is 0 Å². The maximum absolute atomic E-state index is 12.5. The summed E-state index contributed by atoms with van der Waals surface area (Å²) in [5, 5.41) is 24.7. The van der Waals surface area contributed by atoms with Crippen LogP contribution in [0.25, 0.3) is 11.0 Å². The van der Waals surface area contributed by atoms with Crippen LogP contribution in [0, 0.1) is 17.3 Å². The van der Waals surface area contributed by atoms with E-state index in [1.165, 1.54) is 26.2 Å². The number of carbonyl (C=O) groups excluding carboxylic acids is 1. The van der Waals surface area contributed by atoms with E-state index in [2.05, 4.69) is 0 Å². The SMILES string of the molecule is COc1ccc2c(c1)[n+]([O-])c(C(=O)CN(C)C)c(C)[n+]2[O-]. The molecule has 0 aliphatic rings. The van der Waals surface area contributed by atoms with E-state index < -0.39 is 5.78 Å². The lowest BCUT2D eigenvalue weighted by Gasteiger charge is -2.12. The molecule has 0 N–H and O–H groups in total. The van der Waals surface area contributed by atoms with Gasteiger partial charge in [-0.25, -0.2) is 0 Å². The lowest BCUT2D eigenvalue weighted by Crippen LogP contribution is -2.47. The number of ketones is 1. The second-order valence-electron chi connectivity index (χ2n) is 5.04. The van der Waals surface area contributed by atoms with Crippen molar-refractivity contribution in [1.82, 2.24) is 4.90 Å². The number of rotatable bonds is 4. The van der Waals surface area contributed by atoms with E-state index in [1.807, 2.05) is 0 Å². The summed E-state index contributed by atoms with van der Waals surface area (Å²) in [6.07, 6.45) is 0. The molecule has 0 amide bonds. The van der Waals surface area contributed by atoms with Crippen LogP contribution in [0.5, 0.6) is 5.75 Å². The maximum atomic E-state index is 12.5. The van der Waals surface area contributed by atoms with Crippen molar-refractivity contribution in [3.8, 4) is 5.75 Å². The molecule has 0 bridgehead atoms. The van der Waals surface area contributed by atoms with Gasteiger partial charge < -0.3 is 20.1 Å². The van der Waals surface area contributed by atoms with Crippen molar-refractivity contribution in [3.63, 3.8) is 0 Å². The van der Waals surface area contributed by atoms with Gasteiger partial charge in [0.05, 0.1) is 19.7 Å². The summed E-state index contributed by atoms with van der Waals surface area (Å²) in [7, 11) is 4.91. The third kappa shape index (κ3) is 2.59. The van der Waals surface area contributed by atoms with Gasteiger partial charge in [0.1, 0.15) is 5.75 Å². The van der Waals surface area contributed by atoms with Crippen molar-refractivity contribution in [1.29, 1.82) is 0 Å². The minimum Gasteiger partial charge on any atom is -0.618 e. The average Bonchev–Trinajstić information content (AvgIpc) is 2.43. The molecule has 112 valence electrons. The van der Waals surface area contributed by atoms with Crippen LogP contribution >= 0.6 is 0 Å². The largest absolute Gasteiger partial charge is 0.618 e. The number of hydrogen-bond acceptors (Lipinski definition) is 5. The standard InChI is InChI=1S/C14H17N3O4/c1-9-14(13(18)8-15(2)3)17(20)12-7-10(21-4)5-6-11(12)16(9)19/h5-7H,8H2,1-4H3. The molecule has 0 unspecified atom stereocenters. The summed E-state index contributed by atoms with van der Waals surface area (Å²) in [5.74, 6) is 0.0452. The third-order valence-electron chi connectivity index (χ3n) is 3.19. The molecule has 1 aromatic heterocycles. The Bertz CT molecular complexity index is 713. The van der Waals surface area contributed by atoms with Crippen LogP contribution in [-0.2, 0) is 0 Å². The van der Waals surface area contributed by atoms with Crippen molar-refractivity contribution >= 4 is 16.8 Å². The molecule has 7 heteroatoms. The first-order valence-electron chi connectivity index (χ1n) is 6.38. The number of nitrogens with zero attached hydrogens (tertiary/aromatic N) is 3. The Morgan fingerprint density at radius 1 is 1.24 bits per heavy atom. The topological polar surface area (TPSA) is 83.4 Å². The predicted molar refractivity (Wildman–Crippen MR) is 76.0 cm³/mol. The summed E-state index contributed by atoms with van der Waals surface area (Å²) in [6, 6.07) is 4.54. The minimum atomic E-state index is -0.401. The Morgan fingerprint density at radius 2 is 1.90 bits per heavy atom. The van der Waals surface area contributed by atoms with E-state index in [0.717, 1.165) is 0 Å². The zero-order valence-electron chi connectivity index (χ0n) is 12.4. The highest BCUT2D eigenvalue weighted by atomic mass is 16.5. The average molecular weight is 291 g/mol. The number of hydrogen-bond donors (Lipinski definition) is 0. The molecule has 0 aliphatic carbocycles. The number of likely N-dealkylation sites (N-methyl/N-ethyl adjacent to an activating group) is 1. The second kappa shape index (κ2) is 5.53. The van der Waals surface area contributed by atoms with Gasteiger partial charge in [-0.05, 0) is 20.2 Å². The lowest BCUT2D eigenvalue weighted by atomic mass is 10.2. The fraction of sp³-hybridized carbons (Fsp3) is 0.357. The zero-order valence-corrected chi connectivity index (χ0v) is 12.4. The van der Waals surface area contributed by atoms with Crippen LogP contribution in [0.2, 0.25) is 0 Å². The first kappa shape index (κ1) is 15.0. The third-order valence-corrected chi connectivity index (χ3v) is 3.19. The monoisotopic (exact) mass is 291 g/mol. The maximum Gasteiger partial charge on any atom is 0.330 e. The van der Waals surface area contributed by atoms with E-state index >= 15 is 0 Å². The van der Waals surface area contributed by atoms with Crippen LogP contribution in [0.4, 0.5) is 0 Å². The summed E-state index contributed by atoms with van der Waals surface area (Å²) in [5.41, 5.74) is 0.260. The van der Waals surface area contributed by atoms with E-state index in [0.29, 0.717) is 15.2 Å². The quantitative estimate of drug-likeness (QED) is 0.455. The molecule has 7 nitrogen and oxygen atoms in total. The van der Waals surface area contributed by atoms with Crippen molar-refractivity contribution in [2.45, 2.75) is 6.92 Å². The molecule has 0 radical (unpaired) electrons. The van der Waals surface area contributed by atoms with Crippen molar-refractivity contribution in [3.05, 3.63) is 40.0 Å². The van der Waals surface area contributed by atoms with E-state index in [1.54, 1.807) is 25.1 Å². The number of ether oxygens (including phenoxy) is 1. The van der Waals surface area contributed by atoms with Crippen molar-refractivity contribution < 1.29 is 19.0 Å². The molecule has 0 saturated carbocycles.